The maximum atomic E-state index is 12.6. The van der Waals surface area contributed by atoms with E-state index < -0.39 is 26.8 Å². The van der Waals surface area contributed by atoms with Crippen LogP contribution in [0.1, 0.15) is 15.9 Å². The molecule has 34 heavy (non-hydrogen) atoms. The predicted octanol–water partition coefficient (Wildman–Crippen LogP) is 3.73. The van der Waals surface area contributed by atoms with Crippen molar-refractivity contribution in [3.8, 4) is 0 Å². The average Bonchev–Trinajstić information content (AvgIpc) is 2.79. The van der Waals surface area contributed by atoms with Gasteiger partial charge in [-0.1, -0.05) is 17.7 Å². The SMILES string of the molecule is Cc1ccc(S(=O)(=O)Nc2ccc(NC(=O)CNC(=O)c3ccc(Cl)cc3)cc2)cc1[N+](=O)[O-]. The van der Waals surface area contributed by atoms with E-state index in [1.54, 1.807) is 12.1 Å². The molecular weight excluding hydrogens is 484 g/mol. The first-order chi connectivity index (χ1) is 16.0. The summed E-state index contributed by atoms with van der Waals surface area (Å²) in [6.07, 6.45) is 0. The van der Waals surface area contributed by atoms with Gasteiger partial charge in [0.25, 0.3) is 21.6 Å². The van der Waals surface area contributed by atoms with Gasteiger partial charge < -0.3 is 10.6 Å². The van der Waals surface area contributed by atoms with Gasteiger partial charge >= 0.3 is 0 Å². The summed E-state index contributed by atoms with van der Waals surface area (Å²) in [6, 6.07) is 15.6. The molecule has 176 valence electrons. The fourth-order valence-corrected chi connectivity index (χ4v) is 4.06. The minimum atomic E-state index is -4.07. The van der Waals surface area contributed by atoms with E-state index in [2.05, 4.69) is 15.4 Å². The van der Waals surface area contributed by atoms with E-state index in [1.165, 1.54) is 55.5 Å². The lowest BCUT2D eigenvalue weighted by molar-refractivity contribution is -0.385. The van der Waals surface area contributed by atoms with Crippen molar-refractivity contribution in [1.29, 1.82) is 0 Å². The number of nitro groups is 1. The third-order valence-corrected chi connectivity index (χ3v) is 6.26. The lowest BCUT2D eigenvalue weighted by Gasteiger charge is -2.10. The Morgan fingerprint density at radius 2 is 1.59 bits per heavy atom. The van der Waals surface area contributed by atoms with Crippen LogP contribution in [0.2, 0.25) is 5.02 Å². The molecule has 0 radical (unpaired) electrons. The maximum absolute atomic E-state index is 12.6. The summed E-state index contributed by atoms with van der Waals surface area (Å²) in [7, 11) is -4.07. The lowest BCUT2D eigenvalue weighted by Crippen LogP contribution is -2.32. The number of carbonyl (C=O) groups is 2. The summed E-state index contributed by atoms with van der Waals surface area (Å²) >= 11 is 5.78. The van der Waals surface area contributed by atoms with Crippen LogP contribution in [0.5, 0.6) is 0 Å². The van der Waals surface area contributed by atoms with Gasteiger partial charge in [-0.05, 0) is 61.5 Å². The van der Waals surface area contributed by atoms with Crippen molar-refractivity contribution in [2.45, 2.75) is 11.8 Å². The zero-order valence-corrected chi connectivity index (χ0v) is 19.3. The van der Waals surface area contributed by atoms with Crippen LogP contribution in [0, 0.1) is 17.0 Å². The summed E-state index contributed by atoms with van der Waals surface area (Å²) in [4.78, 5) is 34.3. The second kappa shape index (κ2) is 10.3. The van der Waals surface area contributed by atoms with Crippen molar-refractivity contribution in [3.63, 3.8) is 0 Å². The highest BCUT2D eigenvalue weighted by Gasteiger charge is 2.20. The molecule has 0 aliphatic carbocycles. The fourth-order valence-electron chi connectivity index (χ4n) is 2.86. The summed E-state index contributed by atoms with van der Waals surface area (Å²) in [6.45, 7) is 1.24. The van der Waals surface area contributed by atoms with E-state index in [4.69, 9.17) is 11.6 Å². The van der Waals surface area contributed by atoms with Crippen molar-refractivity contribution in [2.24, 2.45) is 0 Å². The van der Waals surface area contributed by atoms with Crippen molar-refractivity contribution in [2.75, 3.05) is 16.6 Å². The van der Waals surface area contributed by atoms with Gasteiger partial charge in [-0.2, -0.15) is 0 Å². The molecule has 3 aromatic carbocycles. The first-order valence-electron chi connectivity index (χ1n) is 9.77. The van der Waals surface area contributed by atoms with Crippen molar-refractivity contribution >= 4 is 50.5 Å². The minimum Gasteiger partial charge on any atom is -0.343 e. The average molecular weight is 503 g/mol. The number of carbonyl (C=O) groups excluding carboxylic acids is 2. The Morgan fingerprint density at radius 1 is 0.971 bits per heavy atom. The molecule has 12 heteroatoms. The van der Waals surface area contributed by atoms with E-state index in [-0.39, 0.29) is 22.8 Å². The van der Waals surface area contributed by atoms with E-state index >= 15 is 0 Å². The highest BCUT2D eigenvalue weighted by atomic mass is 35.5. The topological polar surface area (TPSA) is 148 Å². The molecule has 0 fully saturated rings. The number of amides is 2. The molecule has 0 bridgehead atoms. The molecule has 0 unspecified atom stereocenters. The molecule has 2 amide bonds. The monoisotopic (exact) mass is 502 g/mol. The molecule has 0 aliphatic heterocycles. The summed E-state index contributed by atoms with van der Waals surface area (Å²) in [5, 5.41) is 16.6. The van der Waals surface area contributed by atoms with Crippen LogP contribution in [0.4, 0.5) is 17.1 Å². The molecule has 0 atom stereocenters. The number of nitrogens with zero attached hydrogens (tertiary/aromatic N) is 1. The van der Waals surface area contributed by atoms with E-state index in [0.29, 0.717) is 21.8 Å². The molecule has 10 nitrogen and oxygen atoms in total. The van der Waals surface area contributed by atoms with Crippen LogP contribution in [-0.2, 0) is 14.8 Å². The normalized spacial score (nSPS) is 10.9. The molecule has 0 saturated heterocycles. The summed E-state index contributed by atoms with van der Waals surface area (Å²) < 4.78 is 27.5. The van der Waals surface area contributed by atoms with Crippen LogP contribution in [0.25, 0.3) is 0 Å². The number of aryl methyl sites for hydroxylation is 1. The van der Waals surface area contributed by atoms with Crippen LogP contribution in [0.15, 0.2) is 71.6 Å². The molecule has 0 aromatic heterocycles. The number of rotatable bonds is 8. The minimum absolute atomic E-state index is 0.192. The number of nitro benzene ring substituents is 1. The van der Waals surface area contributed by atoms with Crippen LogP contribution in [0.3, 0.4) is 0 Å². The molecule has 0 saturated carbocycles. The zero-order valence-electron chi connectivity index (χ0n) is 17.7. The highest BCUT2D eigenvalue weighted by Crippen LogP contribution is 2.24. The summed E-state index contributed by atoms with van der Waals surface area (Å²) in [5.74, 6) is -0.921. The van der Waals surface area contributed by atoms with Gasteiger partial charge in [-0.15, -0.1) is 0 Å². The smallest absolute Gasteiger partial charge is 0.273 e. The Morgan fingerprint density at radius 3 is 2.21 bits per heavy atom. The largest absolute Gasteiger partial charge is 0.343 e. The first-order valence-corrected chi connectivity index (χ1v) is 11.6. The van der Waals surface area contributed by atoms with Crippen molar-refractivity contribution in [1.82, 2.24) is 5.32 Å². The third-order valence-electron chi connectivity index (χ3n) is 4.62. The lowest BCUT2D eigenvalue weighted by atomic mass is 10.2. The number of sulfonamides is 1. The Kier molecular flexibility index (Phi) is 7.49. The number of halogens is 1. The number of anilines is 2. The first kappa shape index (κ1) is 24.7. The Labute approximate surface area is 200 Å². The molecule has 0 heterocycles. The number of benzene rings is 3. The van der Waals surface area contributed by atoms with E-state index in [9.17, 15) is 28.1 Å². The van der Waals surface area contributed by atoms with Gasteiger partial charge in [0.1, 0.15) is 0 Å². The quantitative estimate of drug-likeness (QED) is 0.316. The van der Waals surface area contributed by atoms with Crippen molar-refractivity contribution in [3.05, 3.63) is 93.0 Å². The second-order valence-corrected chi connectivity index (χ2v) is 9.24. The zero-order chi connectivity index (χ0) is 24.9. The standard InChI is InChI=1S/C22H19ClN4O6S/c1-14-2-11-19(12-20(14)27(30)31)34(32,33)26-18-9-7-17(8-10-18)25-21(28)13-24-22(29)15-3-5-16(23)6-4-15/h2-12,26H,13H2,1H3,(H,24,29)(H,25,28). The maximum Gasteiger partial charge on any atom is 0.273 e. The molecule has 0 spiro atoms. The Hall–Kier alpha value is -3.96. The number of hydrogen-bond acceptors (Lipinski definition) is 6. The fraction of sp³-hybridized carbons (Fsp3) is 0.0909. The van der Waals surface area contributed by atoms with Gasteiger partial charge in [0, 0.05) is 33.6 Å². The van der Waals surface area contributed by atoms with Crippen LogP contribution >= 0.6 is 11.6 Å². The van der Waals surface area contributed by atoms with Gasteiger partial charge in [-0.3, -0.25) is 24.4 Å². The predicted molar refractivity (Wildman–Crippen MR) is 127 cm³/mol. The number of hydrogen-bond donors (Lipinski definition) is 3. The second-order valence-electron chi connectivity index (χ2n) is 7.13. The Balaban J connectivity index is 1.58. The van der Waals surface area contributed by atoms with E-state index in [1.807, 2.05) is 0 Å². The van der Waals surface area contributed by atoms with Gasteiger partial charge in [-0.25, -0.2) is 8.42 Å². The highest BCUT2D eigenvalue weighted by molar-refractivity contribution is 7.92. The van der Waals surface area contributed by atoms with Crippen molar-refractivity contribution < 1.29 is 22.9 Å². The third kappa shape index (κ3) is 6.30. The van der Waals surface area contributed by atoms with E-state index in [0.717, 1.165) is 6.07 Å². The number of nitrogens with one attached hydrogen (secondary N) is 3. The summed E-state index contributed by atoms with van der Waals surface area (Å²) in [5.41, 5.74) is 0.960. The molecule has 3 aromatic rings. The molecule has 3 N–H and O–H groups in total. The van der Waals surface area contributed by atoms with Crippen LogP contribution < -0.4 is 15.4 Å². The molecule has 0 aliphatic rings. The Bertz CT molecular complexity index is 1340. The van der Waals surface area contributed by atoms with Crippen LogP contribution in [-0.4, -0.2) is 31.7 Å². The van der Waals surface area contributed by atoms with Gasteiger partial charge in [0.2, 0.25) is 5.91 Å². The van der Waals surface area contributed by atoms with Gasteiger partial charge in [0.05, 0.1) is 16.4 Å². The van der Waals surface area contributed by atoms with Gasteiger partial charge in [0.15, 0.2) is 0 Å². The molecular formula is C22H19ClN4O6S. The molecule has 3 rings (SSSR count).